The van der Waals surface area contributed by atoms with Crippen molar-refractivity contribution >= 4 is 28.4 Å². The molecule has 1 aromatic carbocycles. The van der Waals surface area contributed by atoms with E-state index >= 15 is 0 Å². The number of pyridine rings is 1. The first kappa shape index (κ1) is 17.5. The van der Waals surface area contributed by atoms with Gasteiger partial charge in [0.2, 0.25) is 0 Å². The Morgan fingerprint density at radius 2 is 2.22 bits per heavy atom. The standard InChI is InChI=1S/C21H23N3O3/c1-27-11-3-9-24-10-8-16-18(4-2-5-19(16)24)23-20-17(21(25)26)12-15(13-22-20)14-6-7-14/h2,4-5,8,10,12-14H,3,6-7,9,11H2,1H3,(H,22,23)(H,25,26). The Morgan fingerprint density at radius 1 is 1.37 bits per heavy atom. The summed E-state index contributed by atoms with van der Waals surface area (Å²) < 4.78 is 7.31. The molecule has 1 aliphatic carbocycles. The summed E-state index contributed by atoms with van der Waals surface area (Å²) in [6.45, 7) is 1.59. The number of hydrogen-bond donors (Lipinski definition) is 2. The Bertz CT molecular complexity index is 976. The molecule has 0 spiro atoms. The third-order valence-electron chi connectivity index (χ3n) is 5.00. The normalized spacial score (nSPS) is 13.8. The number of aromatic carboxylic acids is 1. The number of anilines is 2. The van der Waals surface area contributed by atoms with Crippen LogP contribution in [-0.2, 0) is 11.3 Å². The van der Waals surface area contributed by atoms with Crippen LogP contribution in [0, 0.1) is 0 Å². The van der Waals surface area contributed by atoms with Gasteiger partial charge < -0.3 is 19.7 Å². The molecule has 0 amide bonds. The number of rotatable bonds is 8. The highest BCUT2D eigenvalue weighted by Crippen LogP contribution is 2.40. The molecule has 2 N–H and O–H groups in total. The van der Waals surface area contributed by atoms with E-state index in [2.05, 4.69) is 20.9 Å². The maximum absolute atomic E-state index is 11.7. The van der Waals surface area contributed by atoms with Crippen molar-refractivity contribution in [2.45, 2.75) is 31.7 Å². The molecule has 0 radical (unpaired) electrons. The molecule has 2 heterocycles. The van der Waals surface area contributed by atoms with Crippen LogP contribution in [0.25, 0.3) is 10.9 Å². The number of nitrogens with one attached hydrogen (secondary N) is 1. The highest BCUT2D eigenvalue weighted by molar-refractivity contribution is 5.98. The number of nitrogens with zero attached hydrogens (tertiary/aromatic N) is 2. The van der Waals surface area contributed by atoms with E-state index in [0.717, 1.165) is 54.6 Å². The van der Waals surface area contributed by atoms with Crippen molar-refractivity contribution in [3.8, 4) is 0 Å². The number of hydrogen-bond acceptors (Lipinski definition) is 4. The van der Waals surface area contributed by atoms with E-state index in [-0.39, 0.29) is 5.56 Å². The maximum atomic E-state index is 11.7. The lowest BCUT2D eigenvalue weighted by atomic mass is 10.1. The first-order chi connectivity index (χ1) is 13.2. The van der Waals surface area contributed by atoms with Gasteiger partial charge in [0.05, 0.1) is 5.52 Å². The molecule has 140 valence electrons. The molecule has 6 heteroatoms. The van der Waals surface area contributed by atoms with E-state index in [1.165, 1.54) is 0 Å². The van der Waals surface area contributed by atoms with E-state index in [0.29, 0.717) is 11.7 Å². The molecule has 2 aromatic heterocycles. The van der Waals surface area contributed by atoms with Gasteiger partial charge in [0, 0.05) is 43.7 Å². The monoisotopic (exact) mass is 365 g/mol. The van der Waals surface area contributed by atoms with E-state index < -0.39 is 5.97 Å². The van der Waals surface area contributed by atoms with Gasteiger partial charge in [0.1, 0.15) is 11.4 Å². The zero-order valence-corrected chi connectivity index (χ0v) is 15.3. The van der Waals surface area contributed by atoms with Gasteiger partial charge >= 0.3 is 5.97 Å². The Balaban J connectivity index is 1.64. The fraction of sp³-hybridized carbons (Fsp3) is 0.333. The van der Waals surface area contributed by atoms with Gasteiger partial charge in [0.25, 0.3) is 0 Å². The van der Waals surface area contributed by atoms with Crippen LogP contribution in [-0.4, -0.2) is 34.3 Å². The van der Waals surface area contributed by atoms with Crippen LogP contribution >= 0.6 is 0 Å². The Kier molecular flexibility index (Phi) is 4.81. The number of carboxylic acid groups (broad SMARTS) is 1. The number of aryl methyl sites for hydroxylation is 1. The molecule has 0 aliphatic heterocycles. The van der Waals surface area contributed by atoms with Gasteiger partial charge in [0.15, 0.2) is 0 Å². The predicted octanol–water partition coefficient (Wildman–Crippen LogP) is 4.39. The van der Waals surface area contributed by atoms with E-state index in [1.807, 2.05) is 24.4 Å². The quantitative estimate of drug-likeness (QED) is 0.579. The van der Waals surface area contributed by atoms with Gasteiger partial charge in [-0.25, -0.2) is 9.78 Å². The summed E-state index contributed by atoms with van der Waals surface area (Å²) in [5.41, 5.74) is 3.19. The van der Waals surface area contributed by atoms with Crippen molar-refractivity contribution in [1.82, 2.24) is 9.55 Å². The van der Waals surface area contributed by atoms with E-state index in [4.69, 9.17) is 4.74 Å². The van der Waals surface area contributed by atoms with Crippen molar-refractivity contribution in [3.05, 3.63) is 53.9 Å². The zero-order valence-electron chi connectivity index (χ0n) is 15.3. The highest BCUT2D eigenvalue weighted by atomic mass is 16.5. The highest BCUT2D eigenvalue weighted by Gasteiger charge is 2.26. The largest absolute Gasteiger partial charge is 0.478 e. The molecule has 0 bridgehead atoms. The Labute approximate surface area is 157 Å². The molecule has 3 aromatic rings. The molecule has 6 nitrogen and oxygen atoms in total. The molecule has 27 heavy (non-hydrogen) atoms. The van der Waals surface area contributed by atoms with Crippen molar-refractivity contribution in [3.63, 3.8) is 0 Å². The number of fused-ring (bicyclic) bond motifs is 1. The lowest BCUT2D eigenvalue weighted by Crippen LogP contribution is -2.06. The molecular weight excluding hydrogens is 342 g/mol. The first-order valence-electron chi connectivity index (χ1n) is 9.24. The third kappa shape index (κ3) is 3.66. The molecule has 0 atom stereocenters. The molecule has 1 fully saturated rings. The molecule has 0 unspecified atom stereocenters. The summed E-state index contributed by atoms with van der Waals surface area (Å²) >= 11 is 0. The minimum atomic E-state index is -0.961. The van der Waals surface area contributed by atoms with Gasteiger partial charge in [-0.05, 0) is 55.0 Å². The smallest absolute Gasteiger partial charge is 0.339 e. The van der Waals surface area contributed by atoms with E-state index in [1.54, 1.807) is 19.4 Å². The van der Waals surface area contributed by atoms with Gasteiger partial charge in [-0.1, -0.05) is 6.07 Å². The predicted molar refractivity (Wildman–Crippen MR) is 105 cm³/mol. The van der Waals surface area contributed by atoms with Crippen molar-refractivity contribution in [2.24, 2.45) is 0 Å². The zero-order chi connectivity index (χ0) is 18.8. The van der Waals surface area contributed by atoms with Gasteiger partial charge in [-0.3, -0.25) is 0 Å². The summed E-state index contributed by atoms with van der Waals surface area (Å²) in [7, 11) is 1.71. The summed E-state index contributed by atoms with van der Waals surface area (Å²) in [6.07, 6.45) is 7.01. The summed E-state index contributed by atoms with van der Waals surface area (Å²) in [6, 6.07) is 9.78. The lowest BCUT2D eigenvalue weighted by Gasteiger charge is -2.12. The number of ether oxygens (including phenoxy) is 1. The number of carbonyl (C=O) groups is 1. The summed E-state index contributed by atoms with van der Waals surface area (Å²) in [5, 5.41) is 13.9. The second-order valence-electron chi connectivity index (χ2n) is 6.96. The average molecular weight is 365 g/mol. The summed E-state index contributed by atoms with van der Waals surface area (Å²) in [4.78, 5) is 16.1. The fourth-order valence-electron chi connectivity index (χ4n) is 3.42. The van der Waals surface area contributed by atoms with Crippen LogP contribution in [0.15, 0.2) is 42.7 Å². The van der Waals surface area contributed by atoms with Crippen LogP contribution in [0.2, 0.25) is 0 Å². The van der Waals surface area contributed by atoms with Crippen LogP contribution in [0.5, 0.6) is 0 Å². The molecule has 4 rings (SSSR count). The first-order valence-corrected chi connectivity index (χ1v) is 9.24. The fourth-order valence-corrected chi connectivity index (χ4v) is 3.42. The minimum absolute atomic E-state index is 0.218. The Hall–Kier alpha value is -2.86. The second kappa shape index (κ2) is 7.40. The second-order valence-corrected chi connectivity index (χ2v) is 6.96. The Morgan fingerprint density at radius 3 is 2.96 bits per heavy atom. The SMILES string of the molecule is COCCCn1ccc2c(Nc3ncc(C4CC4)cc3C(=O)O)cccc21. The van der Waals surface area contributed by atoms with Crippen molar-refractivity contribution < 1.29 is 14.6 Å². The van der Waals surface area contributed by atoms with Gasteiger partial charge in [-0.2, -0.15) is 0 Å². The van der Waals surface area contributed by atoms with Crippen LogP contribution in [0.3, 0.4) is 0 Å². The number of benzene rings is 1. The van der Waals surface area contributed by atoms with Crippen LogP contribution in [0.4, 0.5) is 11.5 Å². The van der Waals surface area contributed by atoms with E-state index in [9.17, 15) is 9.90 Å². The van der Waals surface area contributed by atoms with Crippen molar-refractivity contribution in [2.75, 3.05) is 19.0 Å². The number of methoxy groups -OCH3 is 1. The number of aromatic nitrogens is 2. The maximum Gasteiger partial charge on any atom is 0.339 e. The summed E-state index contributed by atoms with van der Waals surface area (Å²) in [5.74, 6) is -0.113. The van der Waals surface area contributed by atoms with Gasteiger partial charge in [-0.15, -0.1) is 0 Å². The number of carboxylic acids is 1. The topological polar surface area (TPSA) is 76.4 Å². The molecule has 1 saturated carbocycles. The average Bonchev–Trinajstić information content (AvgIpc) is 3.43. The van der Waals surface area contributed by atoms with Crippen molar-refractivity contribution in [1.29, 1.82) is 0 Å². The molecule has 1 aliphatic rings. The van der Waals surface area contributed by atoms with Crippen LogP contribution in [0.1, 0.15) is 41.1 Å². The molecule has 0 saturated heterocycles. The third-order valence-corrected chi connectivity index (χ3v) is 5.00. The molecular formula is C21H23N3O3. The minimum Gasteiger partial charge on any atom is -0.478 e. The lowest BCUT2D eigenvalue weighted by molar-refractivity contribution is 0.0697. The van der Waals surface area contributed by atoms with Crippen LogP contribution < -0.4 is 5.32 Å².